The Labute approximate surface area is 131 Å². The maximum atomic E-state index is 11.3. The van der Waals surface area contributed by atoms with Crippen LogP contribution >= 0.6 is 0 Å². The molecule has 1 saturated heterocycles. The number of hydrogen-bond acceptors (Lipinski definition) is 4. The number of anilines is 1. The molecular formula is C15H22N2O4S. The van der Waals surface area contributed by atoms with Gasteiger partial charge in [-0.05, 0) is 37.5 Å². The second-order valence-corrected chi connectivity index (χ2v) is 8.36. The molecule has 2 rings (SSSR count). The van der Waals surface area contributed by atoms with Gasteiger partial charge in [0.05, 0.1) is 5.75 Å². The second-order valence-electron chi connectivity index (χ2n) is 6.22. The number of likely N-dealkylation sites (tertiary alicyclic amines) is 1. The lowest BCUT2D eigenvalue weighted by Gasteiger charge is -2.39. The van der Waals surface area contributed by atoms with Crippen LogP contribution in [0, 0.1) is 0 Å². The maximum absolute atomic E-state index is 11.3. The number of carboxylic acid groups (broad SMARTS) is 1. The minimum atomic E-state index is -3.03. The van der Waals surface area contributed by atoms with Crippen molar-refractivity contribution in [3.05, 3.63) is 29.8 Å². The molecule has 22 heavy (non-hydrogen) atoms. The summed E-state index contributed by atoms with van der Waals surface area (Å²) in [6.45, 7) is 3.12. The molecule has 2 N–H and O–H groups in total. The van der Waals surface area contributed by atoms with E-state index in [0.717, 1.165) is 24.1 Å². The standard InChI is InChI=1S/C15H22N2O4S/c1-15(7-9-17(10-8-15)14(18)19)16-13-5-3-12(4-6-13)11-22(2,20)21/h3-6,16H,7-11H2,1-2H3,(H,18,19). The van der Waals surface area contributed by atoms with Crippen LogP contribution < -0.4 is 5.32 Å². The maximum Gasteiger partial charge on any atom is 0.407 e. The predicted molar refractivity (Wildman–Crippen MR) is 85.8 cm³/mol. The summed E-state index contributed by atoms with van der Waals surface area (Å²) >= 11 is 0. The zero-order chi connectivity index (χ0) is 16.4. The highest BCUT2D eigenvalue weighted by molar-refractivity contribution is 7.89. The Morgan fingerprint density at radius 3 is 2.27 bits per heavy atom. The van der Waals surface area contributed by atoms with Gasteiger partial charge in [-0.25, -0.2) is 13.2 Å². The normalized spacial score (nSPS) is 18.0. The molecule has 1 aromatic rings. The first-order valence-electron chi connectivity index (χ1n) is 7.20. The van der Waals surface area contributed by atoms with Crippen molar-refractivity contribution in [3.63, 3.8) is 0 Å². The largest absolute Gasteiger partial charge is 0.465 e. The molecule has 1 aliphatic heterocycles. The van der Waals surface area contributed by atoms with Crippen molar-refractivity contribution in [1.29, 1.82) is 0 Å². The Hall–Kier alpha value is -1.76. The Balaban J connectivity index is 1.97. The van der Waals surface area contributed by atoms with E-state index in [-0.39, 0.29) is 11.3 Å². The summed E-state index contributed by atoms with van der Waals surface area (Å²) < 4.78 is 22.5. The molecule has 0 atom stereocenters. The highest BCUT2D eigenvalue weighted by Crippen LogP contribution is 2.27. The highest BCUT2D eigenvalue weighted by atomic mass is 32.2. The van der Waals surface area contributed by atoms with E-state index in [0.29, 0.717) is 13.1 Å². The summed E-state index contributed by atoms with van der Waals surface area (Å²) in [6, 6.07) is 7.35. The van der Waals surface area contributed by atoms with Gasteiger partial charge in [0.15, 0.2) is 9.84 Å². The van der Waals surface area contributed by atoms with E-state index in [4.69, 9.17) is 5.11 Å². The lowest BCUT2D eigenvalue weighted by atomic mass is 9.89. The molecule has 0 radical (unpaired) electrons. The highest BCUT2D eigenvalue weighted by Gasteiger charge is 2.31. The molecular weight excluding hydrogens is 304 g/mol. The van der Waals surface area contributed by atoms with Crippen LogP contribution in [0.1, 0.15) is 25.3 Å². The molecule has 0 unspecified atom stereocenters. The van der Waals surface area contributed by atoms with Crippen molar-refractivity contribution in [1.82, 2.24) is 4.90 Å². The third-order valence-corrected chi connectivity index (χ3v) is 4.82. The van der Waals surface area contributed by atoms with Gasteiger partial charge in [-0.1, -0.05) is 12.1 Å². The van der Waals surface area contributed by atoms with E-state index >= 15 is 0 Å². The number of piperidine rings is 1. The SMILES string of the molecule is CC1(Nc2ccc(CS(C)(=O)=O)cc2)CCN(C(=O)O)CC1. The summed E-state index contributed by atoms with van der Waals surface area (Å²) in [5.74, 6) is 0.0398. The zero-order valence-electron chi connectivity index (χ0n) is 12.9. The Kier molecular flexibility index (Phi) is 4.65. The van der Waals surface area contributed by atoms with Crippen molar-refractivity contribution in [2.24, 2.45) is 0 Å². The van der Waals surface area contributed by atoms with Gasteiger partial charge >= 0.3 is 6.09 Å². The van der Waals surface area contributed by atoms with Gasteiger partial charge in [0.2, 0.25) is 0 Å². The Morgan fingerprint density at radius 2 is 1.82 bits per heavy atom. The van der Waals surface area contributed by atoms with Gasteiger partial charge in [0, 0.05) is 30.6 Å². The van der Waals surface area contributed by atoms with Crippen LogP contribution in [0.5, 0.6) is 0 Å². The van der Waals surface area contributed by atoms with Crippen LogP contribution in [0.25, 0.3) is 0 Å². The van der Waals surface area contributed by atoms with Crippen LogP contribution in [-0.4, -0.2) is 49.4 Å². The summed E-state index contributed by atoms with van der Waals surface area (Å²) in [5, 5.41) is 12.4. The molecule has 6 nitrogen and oxygen atoms in total. The quantitative estimate of drug-likeness (QED) is 0.885. The topological polar surface area (TPSA) is 86.7 Å². The molecule has 0 bridgehead atoms. The molecule has 7 heteroatoms. The van der Waals surface area contributed by atoms with E-state index in [1.807, 2.05) is 12.1 Å². The minimum Gasteiger partial charge on any atom is -0.465 e. The predicted octanol–water partition coefficient (Wildman–Crippen LogP) is 2.18. The molecule has 1 fully saturated rings. The van der Waals surface area contributed by atoms with Gasteiger partial charge < -0.3 is 15.3 Å². The molecule has 1 aromatic carbocycles. The molecule has 1 amide bonds. The molecule has 1 heterocycles. The monoisotopic (exact) mass is 326 g/mol. The molecule has 1 aliphatic rings. The van der Waals surface area contributed by atoms with Crippen LogP contribution in [-0.2, 0) is 15.6 Å². The van der Waals surface area contributed by atoms with Gasteiger partial charge in [-0.2, -0.15) is 0 Å². The van der Waals surface area contributed by atoms with Gasteiger partial charge in [-0.15, -0.1) is 0 Å². The van der Waals surface area contributed by atoms with E-state index in [9.17, 15) is 13.2 Å². The van der Waals surface area contributed by atoms with E-state index < -0.39 is 15.9 Å². The number of benzene rings is 1. The van der Waals surface area contributed by atoms with Gasteiger partial charge in [0.25, 0.3) is 0 Å². The first kappa shape index (κ1) is 16.6. The molecule has 0 spiro atoms. The van der Waals surface area contributed by atoms with Crippen LogP contribution in [0.3, 0.4) is 0 Å². The van der Waals surface area contributed by atoms with Crippen LogP contribution in [0.2, 0.25) is 0 Å². The first-order chi connectivity index (χ1) is 10.2. The van der Waals surface area contributed by atoms with Crippen molar-refractivity contribution in [2.45, 2.75) is 31.1 Å². The van der Waals surface area contributed by atoms with Crippen molar-refractivity contribution >= 4 is 21.6 Å². The first-order valence-corrected chi connectivity index (χ1v) is 9.26. The molecule has 122 valence electrons. The Morgan fingerprint density at radius 1 is 1.27 bits per heavy atom. The fourth-order valence-electron chi connectivity index (χ4n) is 2.65. The second kappa shape index (κ2) is 6.16. The van der Waals surface area contributed by atoms with Crippen molar-refractivity contribution in [2.75, 3.05) is 24.7 Å². The lowest BCUT2D eigenvalue weighted by molar-refractivity contribution is 0.124. The summed E-state index contributed by atoms with van der Waals surface area (Å²) in [6.07, 6.45) is 1.83. The number of carbonyl (C=O) groups is 1. The zero-order valence-corrected chi connectivity index (χ0v) is 13.7. The van der Waals surface area contributed by atoms with E-state index in [2.05, 4.69) is 12.2 Å². The third-order valence-electron chi connectivity index (χ3n) is 3.97. The smallest absolute Gasteiger partial charge is 0.407 e. The fraction of sp³-hybridized carbons (Fsp3) is 0.533. The number of rotatable bonds is 4. The van der Waals surface area contributed by atoms with Crippen molar-refractivity contribution < 1.29 is 18.3 Å². The molecule has 0 saturated carbocycles. The fourth-order valence-corrected chi connectivity index (χ4v) is 3.45. The molecule has 0 aromatic heterocycles. The van der Waals surface area contributed by atoms with Gasteiger partial charge in [-0.3, -0.25) is 0 Å². The summed E-state index contributed by atoms with van der Waals surface area (Å²) in [7, 11) is -3.03. The molecule has 0 aliphatic carbocycles. The van der Waals surface area contributed by atoms with Gasteiger partial charge in [0.1, 0.15) is 0 Å². The minimum absolute atomic E-state index is 0.0398. The average molecular weight is 326 g/mol. The average Bonchev–Trinajstić information content (AvgIpc) is 2.39. The van der Waals surface area contributed by atoms with Crippen molar-refractivity contribution in [3.8, 4) is 0 Å². The Bertz CT molecular complexity index is 632. The van der Waals surface area contributed by atoms with E-state index in [1.54, 1.807) is 12.1 Å². The van der Waals surface area contributed by atoms with E-state index in [1.165, 1.54) is 11.2 Å². The summed E-state index contributed by atoms with van der Waals surface area (Å²) in [4.78, 5) is 12.4. The number of sulfone groups is 1. The van der Waals surface area contributed by atoms with Crippen LogP contribution in [0.15, 0.2) is 24.3 Å². The number of nitrogens with zero attached hydrogens (tertiary/aromatic N) is 1. The lowest BCUT2D eigenvalue weighted by Crippen LogP contribution is -2.48. The third kappa shape index (κ3) is 4.62. The number of hydrogen-bond donors (Lipinski definition) is 2. The summed E-state index contributed by atoms with van der Waals surface area (Å²) in [5.41, 5.74) is 1.53. The number of amides is 1. The van der Waals surface area contributed by atoms with Crippen LogP contribution in [0.4, 0.5) is 10.5 Å². The number of nitrogens with one attached hydrogen (secondary N) is 1.